The molecule has 0 fully saturated rings. The molecule has 0 aromatic rings. The molecule has 0 aliphatic heterocycles. The van der Waals surface area contributed by atoms with Gasteiger partial charge in [-0.3, -0.25) is 9.59 Å². The maximum atomic E-state index is 11.6. The van der Waals surface area contributed by atoms with E-state index in [4.69, 9.17) is 9.47 Å². The fourth-order valence-corrected chi connectivity index (χ4v) is 3.04. The highest BCUT2D eigenvalue weighted by Crippen LogP contribution is 2.14. The fourth-order valence-electron chi connectivity index (χ4n) is 3.04. The molecular formula is C24H44N2O6. The van der Waals surface area contributed by atoms with E-state index in [0.717, 1.165) is 56.9 Å². The Labute approximate surface area is 193 Å². The van der Waals surface area contributed by atoms with Gasteiger partial charge in [0.1, 0.15) is 11.7 Å². The summed E-state index contributed by atoms with van der Waals surface area (Å²) in [4.78, 5) is 43.9. The Bertz CT molecular complexity index is 563. The van der Waals surface area contributed by atoms with E-state index in [2.05, 4.69) is 24.5 Å². The molecule has 0 radical (unpaired) electrons. The second kappa shape index (κ2) is 21.8. The smallest absolute Gasteiger partial charge is 0.354 e. The zero-order chi connectivity index (χ0) is 24.8. The van der Waals surface area contributed by atoms with Gasteiger partial charge in [-0.05, 0) is 51.5 Å². The van der Waals surface area contributed by atoms with Crippen molar-refractivity contribution in [2.75, 3.05) is 13.2 Å². The van der Waals surface area contributed by atoms with Gasteiger partial charge < -0.3 is 20.1 Å². The third-order valence-electron chi connectivity index (χ3n) is 4.89. The molecule has 0 heterocycles. The molecule has 32 heavy (non-hydrogen) atoms. The monoisotopic (exact) mass is 456 g/mol. The van der Waals surface area contributed by atoms with Crippen LogP contribution in [0, 0.1) is 5.92 Å². The van der Waals surface area contributed by atoms with E-state index in [1.54, 1.807) is 13.8 Å². The number of rotatable bonds is 17. The third kappa shape index (κ3) is 15.4. The van der Waals surface area contributed by atoms with Gasteiger partial charge in [-0.2, -0.15) is 0 Å². The predicted molar refractivity (Wildman–Crippen MR) is 126 cm³/mol. The number of carbonyl (C=O) groups excluding carboxylic acids is 4. The van der Waals surface area contributed by atoms with E-state index in [0.29, 0.717) is 26.0 Å². The van der Waals surface area contributed by atoms with Crippen LogP contribution in [0.2, 0.25) is 0 Å². The quantitative estimate of drug-likeness (QED) is 0.148. The molecule has 186 valence electrons. The molecule has 0 saturated heterocycles. The Morgan fingerprint density at radius 2 is 1.47 bits per heavy atom. The Hall–Kier alpha value is -2.38. The van der Waals surface area contributed by atoms with Crippen LogP contribution in [-0.4, -0.2) is 44.0 Å². The van der Waals surface area contributed by atoms with Crippen LogP contribution in [0.15, 0.2) is 11.3 Å². The average Bonchev–Trinajstić information content (AvgIpc) is 2.76. The van der Waals surface area contributed by atoms with Gasteiger partial charge >= 0.3 is 11.9 Å². The van der Waals surface area contributed by atoms with E-state index >= 15 is 0 Å². The molecular weight excluding hydrogens is 412 g/mol. The maximum absolute atomic E-state index is 11.6. The molecule has 0 aromatic heterocycles. The molecule has 8 nitrogen and oxygen atoms in total. The second-order valence-corrected chi connectivity index (χ2v) is 7.58. The summed E-state index contributed by atoms with van der Waals surface area (Å²) in [5, 5.41) is 4.96. The number of ether oxygens (including phenoxy) is 2. The van der Waals surface area contributed by atoms with Crippen LogP contribution in [0.5, 0.6) is 0 Å². The van der Waals surface area contributed by atoms with E-state index < -0.39 is 12.0 Å². The van der Waals surface area contributed by atoms with Crippen molar-refractivity contribution in [3.05, 3.63) is 11.3 Å². The highest BCUT2D eigenvalue weighted by atomic mass is 16.5. The van der Waals surface area contributed by atoms with Crippen LogP contribution in [0.25, 0.3) is 0 Å². The lowest BCUT2D eigenvalue weighted by Crippen LogP contribution is -2.42. The van der Waals surface area contributed by atoms with Crippen molar-refractivity contribution >= 4 is 24.8 Å². The van der Waals surface area contributed by atoms with Gasteiger partial charge in [0.2, 0.25) is 12.8 Å². The average molecular weight is 457 g/mol. The minimum Gasteiger partial charge on any atom is -0.464 e. The van der Waals surface area contributed by atoms with Crippen LogP contribution in [-0.2, 0) is 28.7 Å². The fraction of sp³-hybridized carbons (Fsp3) is 0.750. The van der Waals surface area contributed by atoms with E-state index in [1.165, 1.54) is 0 Å². The lowest BCUT2D eigenvalue weighted by molar-refractivity contribution is -0.148. The minimum atomic E-state index is -0.505. The topological polar surface area (TPSA) is 111 Å². The molecule has 0 saturated carbocycles. The molecule has 8 heteroatoms. The highest BCUT2D eigenvalue weighted by Gasteiger charge is 2.25. The standard InChI is InChI=1S/C12H23NO3.C12H21NO3/c2*1-4-6-7-8-10(3)11(13-9-14)12(15)16-5-2/h9-11H,4-8H2,1-3H3,(H,13,14);9H,4-8H2,1-3H3,(H,13,14)/b;11-10+. The number of amides is 2. The Kier molecular flexibility index (Phi) is 21.7. The van der Waals surface area contributed by atoms with Gasteiger partial charge in [0.05, 0.1) is 13.2 Å². The zero-order valence-electron chi connectivity index (χ0n) is 20.8. The van der Waals surface area contributed by atoms with Crippen molar-refractivity contribution in [1.82, 2.24) is 10.6 Å². The van der Waals surface area contributed by atoms with Gasteiger partial charge in [-0.1, -0.05) is 52.9 Å². The number of allylic oxidation sites excluding steroid dienone is 1. The zero-order valence-corrected chi connectivity index (χ0v) is 20.8. The normalized spacial score (nSPS) is 12.8. The van der Waals surface area contributed by atoms with Gasteiger partial charge in [-0.25, -0.2) is 9.59 Å². The SMILES string of the molecule is CCCCC/C(C)=C(/NC=O)C(=O)OCC.CCCCCC(C)C(NC=O)C(=O)OCC. The van der Waals surface area contributed by atoms with Gasteiger partial charge in [0.15, 0.2) is 0 Å². The molecule has 0 bridgehead atoms. The Morgan fingerprint density at radius 3 is 1.97 bits per heavy atom. The molecule has 2 atom stereocenters. The van der Waals surface area contributed by atoms with E-state index in [1.807, 2.05) is 13.8 Å². The van der Waals surface area contributed by atoms with Crippen molar-refractivity contribution < 1.29 is 28.7 Å². The number of esters is 2. The molecule has 0 aliphatic rings. The molecule has 0 aliphatic carbocycles. The van der Waals surface area contributed by atoms with Crippen molar-refractivity contribution in [2.45, 2.75) is 99.0 Å². The molecule has 2 N–H and O–H groups in total. The minimum absolute atomic E-state index is 0.121. The van der Waals surface area contributed by atoms with Crippen LogP contribution < -0.4 is 10.6 Å². The van der Waals surface area contributed by atoms with Crippen molar-refractivity contribution in [3.8, 4) is 0 Å². The number of hydrogen-bond donors (Lipinski definition) is 2. The summed E-state index contributed by atoms with van der Waals surface area (Å²) in [6.07, 6.45) is 9.46. The van der Waals surface area contributed by atoms with Gasteiger partial charge in [0, 0.05) is 0 Å². The first kappa shape index (κ1) is 31.8. The summed E-state index contributed by atoms with van der Waals surface area (Å²) in [6, 6.07) is -0.505. The summed E-state index contributed by atoms with van der Waals surface area (Å²) in [5.74, 6) is -0.669. The van der Waals surface area contributed by atoms with Crippen molar-refractivity contribution in [2.24, 2.45) is 5.92 Å². The number of carbonyl (C=O) groups is 4. The first-order valence-corrected chi connectivity index (χ1v) is 11.8. The molecule has 0 spiro atoms. The van der Waals surface area contributed by atoms with Crippen molar-refractivity contribution in [1.29, 1.82) is 0 Å². The summed E-state index contributed by atoms with van der Waals surface area (Å²) < 4.78 is 9.79. The Morgan fingerprint density at radius 1 is 0.875 bits per heavy atom. The summed E-state index contributed by atoms with van der Waals surface area (Å²) >= 11 is 0. The summed E-state index contributed by atoms with van der Waals surface area (Å²) in [5.41, 5.74) is 1.16. The summed E-state index contributed by atoms with van der Waals surface area (Å²) in [7, 11) is 0. The molecule has 0 aromatic carbocycles. The van der Waals surface area contributed by atoms with E-state index in [9.17, 15) is 19.2 Å². The lowest BCUT2D eigenvalue weighted by Gasteiger charge is -2.21. The highest BCUT2D eigenvalue weighted by molar-refractivity contribution is 5.91. The third-order valence-corrected chi connectivity index (χ3v) is 4.89. The number of hydrogen-bond acceptors (Lipinski definition) is 6. The number of nitrogens with one attached hydrogen (secondary N) is 2. The molecule has 2 amide bonds. The number of unbranched alkanes of at least 4 members (excludes halogenated alkanes) is 4. The van der Waals surface area contributed by atoms with Crippen LogP contribution >= 0.6 is 0 Å². The van der Waals surface area contributed by atoms with Gasteiger partial charge in [0.25, 0.3) is 0 Å². The van der Waals surface area contributed by atoms with Crippen LogP contribution in [0.1, 0.15) is 92.9 Å². The van der Waals surface area contributed by atoms with E-state index in [-0.39, 0.29) is 17.6 Å². The largest absolute Gasteiger partial charge is 0.464 e. The Balaban J connectivity index is 0. The predicted octanol–water partition coefficient (Wildman–Crippen LogP) is 4.03. The van der Waals surface area contributed by atoms with Crippen molar-refractivity contribution in [3.63, 3.8) is 0 Å². The lowest BCUT2D eigenvalue weighted by atomic mass is 9.95. The van der Waals surface area contributed by atoms with Crippen LogP contribution in [0.4, 0.5) is 0 Å². The summed E-state index contributed by atoms with van der Waals surface area (Å²) in [6.45, 7) is 12.2. The first-order chi connectivity index (χ1) is 15.3. The maximum Gasteiger partial charge on any atom is 0.354 e. The first-order valence-electron chi connectivity index (χ1n) is 11.8. The molecule has 2 unspecified atom stereocenters. The van der Waals surface area contributed by atoms with Gasteiger partial charge in [-0.15, -0.1) is 0 Å². The van der Waals surface area contributed by atoms with Crippen LogP contribution in [0.3, 0.4) is 0 Å². The molecule has 0 rings (SSSR count). The second-order valence-electron chi connectivity index (χ2n) is 7.58.